The SMILES string of the molecule is C[SH](C)N([SH](C)C)S(Cl)(Cl)S(Cl)(Cl)Cl. The highest BCUT2D eigenvalue weighted by Gasteiger charge is 2.44. The smallest absolute Gasteiger partial charge is 0.0679 e. The highest BCUT2D eigenvalue weighted by molar-refractivity contribution is 9.38. The van der Waals surface area contributed by atoms with E-state index in [9.17, 15) is 0 Å². The summed E-state index contributed by atoms with van der Waals surface area (Å²) in [6.45, 7) is -2.50. The molecule has 0 bridgehead atoms. The van der Waals surface area contributed by atoms with Crippen LogP contribution in [-0.4, -0.2) is 28.1 Å². The van der Waals surface area contributed by atoms with Gasteiger partial charge in [-0.1, -0.05) is 0 Å². The fourth-order valence-corrected chi connectivity index (χ4v) is 19.6. The molecule has 0 N–H and O–H groups in total. The maximum absolute atomic E-state index is 6.22. The molecule has 0 saturated heterocycles. The van der Waals surface area contributed by atoms with E-state index in [0.29, 0.717) is 0 Å². The highest BCUT2D eigenvalue weighted by Crippen LogP contribution is 2.98. The number of nitrogens with zero attached hydrogens (tertiary/aromatic N) is 1. The number of hydrogen-bond donors (Lipinski definition) is 2. The number of rotatable bonds is 4. The molecular formula is C4H14Cl5NS4. The van der Waals surface area contributed by atoms with E-state index in [4.69, 9.17) is 53.4 Å². The van der Waals surface area contributed by atoms with Gasteiger partial charge in [-0.05, 0) is 78.4 Å². The lowest BCUT2D eigenvalue weighted by atomic mass is 11.9. The van der Waals surface area contributed by atoms with Crippen LogP contribution in [0.5, 0.6) is 0 Å². The van der Waals surface area contributed by atoms with Crippen molar-refractivity contribution in [3.05, 3.63) is 0 Å². The fourth-order valence-electron chi connectivity index (χ4n) is 0.814. The summed E-state index contributed by atoms with van der Waals surface area (Å²) in [6, 6.07) is 0. The van der Waals surface area contributed by atoms with Crippen molar-refractivity contribution in [3.8, 4) is 0 Å². The lowest BCUT2D eigenvalue weighted by molar-refractivity contribution is 1.26. The summed E-state index contributed by atoms with van der Waals surface area (Å²) >= 11 is -0.906. The van der Waals surface area contributed by atoms with Crippen LogP contribution >= 0.6 is 89.9 Å². The van der Waals surface area contributed by atoms with E-state index < -0.39 is 36.5 Å². The van der Waals surface area contributed by atoms with Gasteiger partial charge >= 0.3 is 0 Å². The quantitative estimate of drug-likeness (QED) is 0.456. The topological polar surface area (TPSA) is 3.24 Å². The number of thiol groups is 2. The van der Waals surface area contributed by atoms with Gasteiger partial charge in [-0.15, -0.1) is 0 Å². The minimum absolute atomic E-state index is 0.453. The molecular weight excluding hydrogens is 368 g/mol. The van der Waals surface area contributed by atoms with E-state index in [1.54, 1.807) is 0 Å². The number of halogens is 5. The predicted octanol–water partition coefficient (Wildman–Crippen LogP) is 5.85. The van der Waals surface area contributed by atoms with E-state index in [-0.39, 0.29) is 0 Å². The summed E-state index contributed by atoms with van der Waals surface area (Å²) in [5.41, 5.74) is 0. The Morgan fingerprint density at radius 3 is 1.14 bits per heavy atom. The third-order valence-corrected chi connectivity index (χ3v) is 25.1. The third-order valence-electron chi connectivity index (χ3n) is 1.10. The molecule has 94 valence electrons. The molecule has 0 aliphatic heterocycles. The van der Waals surface area contributed by atoms with E-state index in [2.05, 4.69) is 25.0 Å². The van der Waals surface area contributed by atoms with Gasteiger partial charge in [0.25, 0.3) is 0 Å². The van der Waals surface area contributed by atoms with Gasteiger partial charge in [-0.2, -0.15) is 25.3 Å². The van der Waals surface area contributed by atoms with Gasteiger partial charge in [0.05, 0.1) is 14.4 Å². The Bertz CT molecular complexity index is 185. The first kappa shape index (κ1) is 16.8. The molecule has 0 rings (SSSR count). The van der Waals surface area contributed by atoms with Crippen molar-refractivity contribution in [1.82, 2.24) is 3.12 Å². The standard InChI is InChI=1S/C4H14Cl5NS4/c1-11(2)10(12(3)4)14(8,9)13(5,6)7/h11-12H,1-4H3. The van der Waals surface area contributed by atoms with Crippen molar-refractivity contribution in [2.75, 3.05) is 25.0 Å². The predicted molar refractivity (Wildman–Crippen MR) is 88.0 cm³/mol. The summed E-state index contributed by atoms with van der Waals surface area (Å²) in [4.78, 5) is 0. The van der Waals surface area contributed by atoms with E-state index in [1.807, 2.05) is 3.12 Å². The van der Waals surface area contributed by atoms with Crippen LogP contribution in [0.1, 0.15) is 0 Å². The molecule has 0 aromatic heterocycles. The first-order valence-electron chi connectivity index (χ1n) is 3.31. The van der Waals surface area contributed by atoms with Crippen LogP contribution in [0.25, 0.3) is 0 Å². The Hall–Kier alpha value is 2.81. The van der Waals surface area contributed by atoms with Crippen LogP contribution in [0.3, 0.4) is 0 Å². The van der Waals surface area contributed by atoms with Gasteiger partial charge in [-0.25, -0.2) is 0 Å². The average Bonchev–Trinajstić information content (AvgIpc) is 1.79. The Kier molecular flexibility index (Phi) is 7.34. The molecule has 0 aliphatic carbocycles. The summed E-state index contributed by atoms with van der Waals surface area (Å²) < 4.78 is 1.99. The van der Waals surface area contributed by atoms with Crippen molar-refractivity contribution >= 4 is 89.9 Å². The van der Waals surface area contributed by atoms with Crippen LogP contribution in [0.4, 0.5) is 0 Å². The van der Waals surface area contributed by atoms with E-state index in [1.165, 1.54) is 0 Å². The average molecular weight is 382 g/mol. The third kappa shape index (κ3) is 4.24. The molecule has 14 heavy (non-hydrogen) atoms. The Morgan fingerprint density at radius 1 is 0.786 bits per heavy atom. The molecule has 0 saturated carbocycles. The highest BCUT2D eigenvalue weighted by atomic mass is 36.3. The summed E-state index contributed by atoms with van der Waals surface area (Å²) in [7, 11) is 27.7. The Balaban J connectivity index is 5.01. The second kappa shape index (κ2) is 6.12. The Morgan fingerprint density at radius 2 is 1.07 bits per heavy atom. The van der Waals surface area contributed by atoms with Gasteiger partial charge in [-0.3, -0.25) is 0 Å². The summed E-state index contributed by atoms with van der Waals surface area (Å²) in [6.07, 6.45) is 8.22. The second-order valence-electron chi connectivity index (χ2n) is 2.71. The largest absolute Gasteiger partial charge is 0.184 e. The summed E-state index contributed by atoms with van der Waals surface area (Å²) in [5, 5.41) is 0. The minimum Gasteiger partial charge on any atom is -0.184 e. The van der Waals surface area contributed by atoms with E-state index in [0.717, 1.165) is 0 Å². The maximum Gasteiger partial charge on any atom is 0.0679 e. The normalized spacial score (nSPS) is 18.1. The van der Waals surface area contributed by atoms with Crippen molar-refractivity contribution < 1.29 is 0 Å². The molecule has 0 fully saturated rings. The van der Waals surface area contributed by atoms with Crippen molar-refractivity contribution in [3.63, 3.8) is 0 Å². The summed E-state index contributed by atoms with van der Waals surface area (Å²) in [5.74, 6) is 0. The van der Waals surface area contributed by atoms with Crippen LogP contribution < -0.4 is 0 Å². The van der Waals surface area contributed by atoms with E-state index >= 15 is 0 Å². The van der Waals surface area contributed by atoms with Gasteiger partial charge < -0.3 is 0 Å². The molecule has 0 heterocycles. The van der Waals surface area contributed by atoms with Gasteiger partial charge in [0, 0.05) is 0 Å². The van der Waals surface area contributed by atoms with Crippen LogP contribution in [0.2, 0.25) is 0 Å². The lowest BCUT2D eigenvalue weighted by Crippen LogP contribution is -2.13. The zero-order valence-corrected chi connectivity index (χ0v) is 15.2. The first-order valence-corrected chi connectivity index (χ1v) is 15.6. The van der Waals surface area contributed by atoms with Gasteiger partial charge in [0.1, 0.15) is 0 Å². The minimum atomic E-state index is -2.50. The lowest BCUT2D eigenvalue weighted by Gasteiger charge is -2.49. The molecule has 0 aromatic rings. The second-order valence-corrected chi connectivity index (χ2v) is 24.1. The zero-order valence-electron chi connectivity index (χ0n) is 8.05. The van der Waals surface area contributed by atoms with Crippen molar-refractivity contribution in [2.45, 2.75) is 0 Å². The zero-order chi connectivity index (χ0) is 11.7. The molecule has 1 nitrogen and oxygen atoms in total. The Labute approximate surface area is 117 Å². The fraction of sp³-hybridized carbons (Fsp3) is 1.00. The van der Waals surface area contributed by atoms with Gasteiger partial charge in [0.15, 0.2) is 0 Å². The van der Waals surface area contributed by atoms with Crippen molar-refractivity contribution in [2.24, 2.45) is 0 Å². The molecule has 0 unspecified atom stereocenters. The molecule has 0 aliphatic rings. The molecule has 10 heteroatoms. The van der Waals surface area contributed by atoms with Crippen molar-refractivity contribution in [1.29, 1.82) is 0 Å². The maximum atomic E-state index is 6.22. The first-order chi connectivity index (χ1) is 6.01. The van der Waals surface area contributed by atoms with Gasteiger partial charge in [0.2, 0.25) is 0 Å². The van der Waals surface area contributed by atoms with Crippen LogP contribution in [-0.2, 0) is 0 Å². The molecule has 0 atom stereocenters. The molecule has 0 aromatic carbocycles. The van der Waals surface area contributed by atoms with Crippen LogP contribution in [0, 0.1) is 0 Å². The molecule has 0 amide bonds. The van der Waals surface area contributed by atoms with Crippen LogP contribution in [0.15, 0.2) is 0 Å². The number of hydrogen-bond acceptors (Lipinski definition) is 1. The monoisotopic (exact) mass is 379 g/mol. The molecule has 0 spiro atoms. The molecule has 0 radical (unpaired) electrons.